The normalized spacial score (nSPS) is 13.7. The molecule has 0 spiro atoms. The van der Waals surface area contributed by atoms with Crippen LogP contribution in [-0.2, 0) is 11.8 Å². The smallest absolute Gasteiger partial charge is 0.407 e. The molecule has 0 bridgehead atoms. The van der Waals surface area contributed by atoms with Crippen LogP contribution in [0.2, 0.25) is 0 Å². The summed E-state index contributed by atoms with van der Waals surface area (Å²) in [7, 11) is 1.77. The first-order valence-electron chi connectivity index (χ1n) is 11.0. The van der Waals surface area contributed by atoms with Crippen molar-refractivity contribution in [2.75, 3.05) is 6.61 Å². The molecule has 2 atom stereocenters. The van der Waals surface area contributed by atoms with Crippen molar-refractivity contribution in [2.24, 2.45) is 13.0 Å². The summed E-state index contributed by atoms with van der Waals surface area (Å²) in [5.41, 5.74) is 0.965. The van der Waals surface area contributed by atoms with Crippen LogP contribution in [0, 0.1) is 12.8 Å². The quantitative estimate of drug-likeness (QED) is 0.562. The van der Waals surface area contributed by atoms with Gasteiger partial charge >= 0.3 is 6.09 Å². The van der Waals surface area contributed by atoms with Crippen LogP contribution >= 0.6 is 0 Å². The van der Waals surface area contributed by atoms with Crippen LogP contribution in [0.1, 0.15) is 46.7 Å². The van der Waals surface area contributed by atoms with Crippen molar-refractivity contribution in [1.29, 1.82) is 0 Å². The van der Waals surface area contributed by atoms with Crippen LogP contribution < -0.4 is 15.6 Å². The number of fused-ring (bicyclic) bond motifs is 3. The first-order valence-corrected chi connectivity index (χ1v) is 11.0. The van der Waals surface area contributed by atoms with E-state index < -0.39 is 11.7 Å². The minimum Gasteiger partial charge on any atom is -0.493 e. The van der Waals surface area contributed by atoms with Crippen LogP contribution in [0.4, 0.5) is 4.79 Å². The summed E-state index contributed by atoms with van der Waals surface area (Å²) >= 11 is 0. The number of amides is 1. The Bertz CT molecular complexity index is 1190. The Balaban J connectivity index is 1.69. The lowest BCUT2D eigenvalue weighted by atomic mass is 10.0. The summed E-state index contributed by atoms with van der Waals surface area (Å²) in [5.74, 6) is 0.919. The maximum absolute atomic E-state index is 12.9. The molecule has 2 aromatic heterocycles. The van der Waals surface area contributed by atoms with Gasteiger partial charge in [-0.25, -0.2) is 4.79 Å². The molecule has 7 nitrogen and oxygen atoms in total. The standard InChI is InChI=1S/C25H33N3O4/c1-15(12-16(2)27-24(30)32-25(4,5)6)14-31-18-8-9-19-20-10-11-26-17(3)22(20)23(29)28(7)21(19)13-18/h8-11,13,15-16H,12,14H2,1-7H3,(H,27,30). The molecule has 1 amide bonds. The molecule has 0 saturated heterocycles. The van der Waals surface area contributed by atoms with Crippen LogP contribution in [0.15, 0.2) is 35.3 Å². The van der Waals surface area contributed by atoms with Gasteiger partial charge in [0.2, 0.25) is 0 Å². The molecule has 3 rings (SSSR count). The lowest BCUT2D eigenvalue weighted by Gasteiger charge is -2.23. The van der Waals surface area contributed by atoms with Gasteiger partial charge in [-0.3, -0.25) is 9.78 Å². The maximum Gasteiger partial charge on any atom is 0.407 e. The fourth-order valence-electron chi connectivity index (χ4n) is 3.92. The molecule has 0 aliphatic heterocycles. The highest BCUT2D eigenvalue weighted by Gasteiger charge is 2.19. The van der Waals surface area contributed by atoms with Crippen molar-refractivity contribution in [3.8, 4) is 5.75 Å². The zero-order valence-corrected chi connectivity index (χ0v) is 20.0. The zero-order chi connectivity index (χ0) is 23.6. The summed E-state index contributed by atoms with van der Waals surface area (Å²) in [6.07, 6.45) is 2.07. The minimum absolute atomic E-state index is 0.0379. The first-order chi connectivity index (χ1) is 15.0. The molecular weight excluding hydrogens is 406 g/mol. The van der Waals surface area contributed by atoms with E-state index in [0.717, 1.165) is 28.4 Å². The topological polar surface area (TPSA) is 82.5 Å². The number of nitrogens with one attached hydrogen (secondary N) is 1. The number of hydrogen-bond donors (Lipinski definition) is 1. The first kappa shape index (κ1) is 23.6. The molecule has 0 aliphatic carbocycles. The summed E-state index contributed by atoms with van der Waals surface area (Å²) in [5, 5.41) is 5.40. The van der Waals surface area contributed by atoms with E-state index in [4.69, 9.17) is 9.47 Å². The average molecular weight is 440 g/mol. The van der Waals surface area contributed by atoms with Crippen molar-refractivity contribution in [1.82, 2.24) is 14.9 Å². The Morgan fingerprint density at radius 2 is 1.91 bits per heavy atom. The third-order valence-corrected chi connectivity index (χ3v) is 5.33. The number of alkyl carbamates (subject to hydrolysis) is 1. The highest BCUT2D eigenvalue weighted by Crippen LogP contribution is 2.27. The van der Waals surface area contributed by atoms with Crippen LogP contribution in [-0.4, -0.2) is 33.9 Å². The Morgan fingerprint density at radius 3 is 2.59 bits per heavy atom. The fraction of sp³-hybridized carbons (Fsp3) is 0.480. The van der Waals surface area contributed by atoms with Crippen molar-refractivity contribution >= 4 is 27.8 Å². The van der Waals surface area contributed by atoms with Gasteiger partial charge in [0.15, 0.2) is 0 Å². The molecule has 32 heavy (non-hydrogen) atoms. The van der Waals surface area contributed by atoms with Gasteiger partial charge in [0.1, 0.15) is 11.4 Å². The van der Waals surface area contributed by atoms with Crippen molar-refractivity contribution < 1.29 is 14.3 Å². The van der Waals surface area contributed by atoms with Crippen LogP contribution in [0.5, 0.6) is 5.75 Å². The second kappa shape index (κ2) is 9.18. The number of aryl methyl sites for hydroxylation is 2. The molecule has 0 saturated carbocycles. The van der Waals surface area contributed by atoms with Gasteiger partial charge in [-0.1, -0.05) is 6.92 Å². The number of pyridine rings is 2. The highest BCUT2D eigenvalue weighted by molar-refractivity contribution is 6.06. The number of carbonyl (C=O) groups excluding carboxylic acids is 1. The predicted molar refractivity (Wildman–Crippen MR) is 127 cm³/mol. The number of nitrogens with zero attached hydrogens (tertiary/aromatic N) is 2. The van der Waals surface area contributed by atoms with Gasteiger partial charge in [0.05, 0.1) is 23.2 Å². The van der Waals surface area contributed by atoms with Gasteiger partial charge in [-0.2, -0.15) is 0 Å². The van der Waals surface area contributed by atoms with E-state index in [1.807, 2.05) is 58.9 Å². The number of benzene rings is 1. The molecule has 3 aromatic rings. The largest absolute Gasteiger partial charge is 0.493 e. The predicted octanol–water partition coefficient (Wildman–Crippen LogP) is 4.71. The van der Waals surface area contributed by atoms with Crippen LogP contribution in [0.25, 0.3) is 21.7 Å². The van der Waals surface area contributed by atoms with E-state index >= 15 is 0 Å². The molecule has 7 heteroatoms. The lowest BCUT2D eigenvalue weighted by Crippen LogP contribution is -2.38. The van der Waals surface area contributed by atoms with Crippen molar-refractivity contribution in [3.05, 3.63) is 46.5 Å². The van der Waals surface area contributed by atoms with Gasteiger partial charge in [0, 0.05) is 30.7 Å². The Kier molecular flexibility index (Phi) is 6.77. The summed E-state index contributed by atoms with van der Waals surface area (Å²) in [6, 6.07) is 7.67. The van der Waals surface area contributed by atoms with Crippen LogP contribution in [0.3, 0.4) is 0 Å². The highest BCUT2D eigenvalue weighted by atomic mass is 16.6. The molecular formula is C25H33N3O4. The molecule has 1 aromatic carbocycles. The SMILES string of the molecule is Cc1nccc2c1c(=O)n(C)c1cc(OCC(C)CC(C)NC(=O)OC(C)(C)C)ccc21. The lowest BCUT2D eigenvalue weighted by molar-refractivity contribution is 0.0500. The maximum atomic E-state index is 12.9. The average Bonchev–Trinajstić information content (AvgIpc) is 2.68. The summed E-state index contributed by atoms with van der Waals surface area (Å²) in [6.45, 7) is 11.9. The van der Waals surface area contributed by atoms with E-state index in [9.17, 15) is 9.59 Å². The molecule has 1 N–H and O–H groups in total. The zero-order valence-electron chi connectivity index (χ0n) is 20.0. The van der Waals surface area contributed by atoms with Gasteiger partial charge < -0.3 is 19.4 Å². The number of ether oxygens (including phenoxy) is 2. The third-order valence-electron chi connectivity index (χ3n) is 5.33. The van der Waals surface area contributed by atoms with Gasteiger partial charge in [-0.05, 0) is 70.5 Å². The Labute approximate surface area is 188 Å². The fourth-order valence-corrected chi connectivity index (χ4v) is 3.92. The number of carbonyl (C=O) groups is 1. The van der Waals surface area contributed by atoms with E-state index in [1.54, 1.807) is 17.8 Å². The number of hydrogen-bond acceptors (Lipinski definition) is 5. The second-order valence-corrected chi connectivity index (χ2v) is 9.56. The number of aromatic nitrogens is 2. The van der Waals surface area contributed by atoms with E-state index in [1.165, 1.54) is 0 Å². The molecule has 0 fully saturated rings. The second-order valence-electron chi connectivity index (χ2n) is 9.56. The molecule has 0 radical (unpaired) electrons. The molecule has 0 aliphatic rings. The van der Waals surface area contributed by atoms with E-state index in [0.29, 0.717) is 17.7 Å². The van der Waals surface area contributed by atoms with E-state index in [2.05, 4.69) is 17.2 Å². The minimum atomic E-state index is -0.519. The Morgan fingerprint density at radius 1 is 1.19 bits per heavy atom. The monoisotopic (exact) mass is 439 g/mol. The van der Waals surface area contributed by atoms with Gasteiger partial charge in [-0.15, -0.1) is 0 Å². The number of rotatable bonds is 6. The van der Waals surface area contributed by atoms with Crippen molar-refractivity contribution in [3.63, 3.8) is 0 Å². The molecule has 172 valence electrons. The summed E-state index contributed by atoms with van der Waals surface area (Å²) in [4.78, 5) is 29.1. The summed E-state index contributed by atoms with van der Waals surface area (Å²) < 4.78 is 13.0. The third kappa shape index (κ3) is 5.39. The molecule has 2 unspecified atom stereocenters. The Hall–Kier alpha value is -3.09. The van der Waals surface area contributed by atoms with E-state index in [-0.39, 0.29) is 17.5 Å². The molecule has 2 heterocycles. The van der Waals surface area contributed by atoms with Gasteiger partial charge in [0.25, 0.3) is 5.56 Å². The van der Waals surface area contributed by atoms with Crippen molar-refractivity contribution in [2.45, 2.75) is 59.6 Å².